The van der Waals surface area contributed by atoms with Gasteiger partial charge in [0.25, 0.3) is 0 Å². The maximum Gasteiger partial charge on any atom is 0.229 e. The molecule has 7 nitrogen and oxygen atoms in total. The van der Waals surface area contributed by atoms with E-state index < -0.39 is 5.60 Å². The van der Waals surface area contributed by atoms with Crippen LogP contribution in [0, 0.1) is 6.92 Å². The van der Waals surface area contributed by atoms with Crippen LogP contribution in [0.4, 0.5) is 0 Å². The maximum atomic E-state index is 11.0. The molecule has 2 aromatic heterocycles. The summed E-state index contributed by atoms with van der Waals surface area (Å²) >= 11 is 0. The number of nitrogens with zero attached hydrogens (tertiary/aromatic N) is 5. The predicted molar refractivity (Wildman–Crippen MR) is 97.8 cm³/mol. The largest absolute Gasteiger partial charge is 0.388 e. The SMILES string of the molecule is Cc1noc(CC2(O)CCCN(CCc3nc4ccccc4n3C)C2)n1. The molecule has 7 heteroatoms. The standard InChI is InChI=1S/C19H25N5O2/c1-14-20-18(26-22-14)12-19(25)9-5-10-24(13-19)11-8-17-21-15-6-3-4-7-16(15)23(17)2/h3-4,6-7,25H,5,8-13H2,1-2H3. The lowest BCUT2D eigenvalue weighted by atomic mass is 9.89. The Morgan fingerprint density at radius 1 is 1.27 bits per heavy atom. The summed E-state index contributed by atoms with van der Waals surface area (Å²) in [6.45, 7) is 4.29. The number of β-amino-alcohol motifs (C(OH)–C–C–N with tert-alkyl or cyclic N) is 1. The fourth-order valence-electron chi connectivity index (χ4n) is 3.91. The van der Waals surface area contributed by atoms with Crippen LogP contribution in [0.2, 0.25) is 0 Å². The molecule has 1 atom stereocenters. The fourth-order valence-corrected chi connectivity index (χ4v) is 3.91. The molecule has 0 bridgehead atoms. The second-order valence-corrected chi connectivity index (χ2v) is 7.34. The quantitative estimate of drug-likeness (QED) is 0.753. The second kappa shape index (κ2) is 6.81. The zero-order valence-electron chi connectivity index (χ0n) is 15.4. The Hall–Kier alpha value is -2.25. The van der Waals surface area contributed by atoms with Crippen LogP contribution in [0.1, 0.15) is 30.4 Å². The Kier molecular flexibility index (Phi) is 4.50. The molecule has 0 saturated carbocycles. The number of rotatable bonds is 5. The van der Waals surface area contributed by atoms with Gasteiger partial charge in [-0.15, -0.1) is 0 Å². The van der Waals surface area contributed by atoms with Crippen LogP contribution >= 0.6 is 0 Å². The number of para-hydroxylation sites is 2. The van der Waals surface area contributed by atoms with E-state index in [2.05, 4.69) is 32.7 Å². The zero-order valence-corrected chi connectivity index (χ0v) is 15.4. The molecule has 26 heavy (non-hydrogen) atoms. The van der Waals surface area contributed by atoms with Gasteiger partial charge in [0, 0.05) is 26.6 Å². The van der Waals surface area contributed by atoms with Gasteiger partial charge in [0.15, 0.2) is 5.82 Å². The molecular formula is C19H25N5O2. The van der Waals surface area contributed by atoms with E-state index >= 15 is 0 Å². The number of hydrogen-bond donors (Lipinski definition) is 1. The first kappa shape index (κ1) is 17.2. The molecule has 4 rings (SSSR count). The molecule has 1 fully saturated rings. The van der Waals surface area contributed by atoms with E-state index in [0.29, 0.717) is 24.7 Å². The summed E-state index contributed by atoms with van der Waals surface area (Å²) in [6.07, 6.45) is 3.00. The number of imidazole rings is 1. The third-order valence-electron chi connectivity index (χ3n) is 5.22. The van der Waals surface area contributed by atoms with Gasteiger partial charge in [-0.3, -0.25) is 0 Å². The lowest BCUT2D eigenvalue weighted by Gasteiger charge is -2.38. The molecule has 0 amide bonds. The predicted octanol–water partition coefficient (Wildman–Crippen LogP) is 1.88. The van der Waals surface area contributed by atoms with Crippen LogP contribution in [0.15, 0.2) is 28.8 Å². The highest BCUT2D eigenvalue weighted by Gasteiger charge is 2.35. The summed E-state index contributed by atoms with van der Waals surface area (Å²) in [5, 5.41) is 14.8. The summed E-state index contributed by atoms with van der Waals surface area (Å²) in [5.74, 6) is 2.20. The van der Waals surface area contributed by atoms with Gasteiger partial charge < -0.3 is 19.1 Å². The van der Waals surface area contributed by atoms with Gasteiger partial charge in [0.2, 0.25) is 5.89 Å². The third kappa shape index (κ3) is 3.50. The highest BCUT2D eigenvalue weighted by Crippen LogP contribution is 2.25. The summed E-state index contributed by atoms with van der Waals surface area (Å²) in [5.41, 5.74) is 1.39. The van der Waals surface area contributed by atoms with Crippen LogP contribution in [0.3, 0.4) is 0 Å². The van der Waals surface area contributed by atoms with Crippen LogP contribution in [-0.2, 0) is 19.9 Å². The highest BCUT2D eigenvalue weighted by molar-refractivity contribution is 5.75. The molecule has 1 aliphatic heterocycles. The molecule has 0 aliphatic carbocycles. The third-order valence-corrected chi connectivity index (χ3v) is 5.22. The number of aryl methyl sites for hydroxylation is 2. The number of hydrogen-bond acceptors (Lipinski definition) is 6. The number of piperidine rings is 1. The van der Waals surface area contributed by atoms with Gasteiger partial charge in [0.05, 0.1) is 23.1 Å². The topological polar surface area (TPSA) is 80.2 Å². The van der Waals surface area contributed by atoms with Gasteiger partial charge in [-0.1, -0.05) is 17.3 Å². The molecule has 0 radical (unpaired) electrons. The Morgan fingerprint density at radius 3 is 2.88 bits per heavy atom. The first-order valence-electron chi connectivity index (χ1n) is 9.17. The van der Waals surface area contributed by atoms with Gasteiger partial charge in [0.1, 0.15) is 5.82 Å². The average Bonchev–Trinajstić information content (AvgIpc) is 3.16. The lowest BCUT2D eigenvalue weighted by molar-refractivity contribution is -0.0347. The van der Waals surface area contributed by atoms with E-state index in [1.807, 2.05) is 18.2 Å². The number of aliphatic hydroxyl groups is 1. The van der Waals surface area contributed by atoms with E-state index in [-0.39, 0.29) is 0 Å². The first-order chi connectivity index (χ1) is 12.5. The van der Waals surface area contributed by atoms with Crippen molar-refractivity contribution in [2.75, 3.05) is 19.6 Å². The monoisotopic (exact) mass is 355 g/mol. The smallest absolute Gasteiger partial charge is 0.229 e. The van der Waals surface area contributed by atoms with Crippen molar-refractivity contribution in [3.8, 4) is 0 Å². The van der Waals surface area contributed by atoms with Crippen molar-refractivity contribution in [2.24, 2.45) is 7.05 Å². The Balaban J connectivity index is 1.40. The summed E-state index contributed by atoms with van der Waals surface area (Å²) in [4.78, 5) is 11.3. The van der Waals surface area contributed by atoms with Crippen LogP contribution < -0.4 is 0 Å². The molecule has 1 unspecified atom stereocenters. The Morgan fingerprint density at radius 2 is 2.12 bits per heavy atom. The van der Waals surface area contributed by atoms with Gasteiger partial charge in [-0.2, -0.15) is 4.98 Å². The van der Waals surface area contributed by atoms with E-state index in [1.165, 1.54) is 0 Å². The number of fused-ring (bicyclic) bond motifs is 1. The summed E-state index contributed by atoms with van der Waals surface area (Å²) < 4.78 is 7.35. The van der Waals surface area contributed by atoms with E-state index in [0.717, 1.165) is 49.2 Å². The van der Waals surface area contributed by atoms with E-state index in [9.17, 15) is 5.11 Å². The van der Waals surface area contributed by atoms with Crippen molar-refractivity contribution >= 4 is 11.0 Å². The molecule has 3 heterocycles. The average molecular weight is 355 g/mol. The van der Waals surface area contributed by atoms with Crippen LogP contribution in [0.25, 0.3) is 11.0 Å². The normalized spacial score (nSPS) is 21.5. The molecule has 1 saturated heterocycles. The minimum Gasteiger partial charge on any atom is -0.388 e. The summed E-state index contributed by atoms with van der Waals surface area (Å²) in [7, 11) is 2.06. The number of aromatic nitrogens is 4. The van der Waals surface area contributed by atoms with Crippen molar-refractivity contribution in [1.82, 2.24) is 24.6 Å². The van der Waals surface area contributed by atoms with Gasteiger partial charge >= 0.3 is 0 Å². The minimum atomic E-state index is -0.802. The highest BCUT2D eigenvalue weighted by atomic mass is 16.5. The van der Waals surface area contributed by atoms with Crippen molar-refractivity contribution < 1.29 is 9.63 Å². The molecule has 3 aromatic rings. The van der Waals surface area contributed by atoms with Crippen molar-refractivity contribution in [2.45, 2.75) is 38.2 Å². The number of benzene rings is 1. The number of likely N-dealkylation sites (tertiary alicyclic amines) is 1. The van der Waals surface area contributed by atoms with Crippen molar-refractivity contribution in [1.29, 1.82) is 0 Å². The molecule has 0 spiro atoms. The first-order valence-corrected chi connectivity index (χ1v) is 9.17. The summed E-state index contributed by atoms with van der Waals surface area (Å²) in [6, 6.07) is 8.20. The maximum absolute atomic E-state index is 11.0. The molecular weight excluding hydrogens is 330 g/mol. The van der Waals surface area contributed by atoms with E-state index in [1.54, 1.807) is 6.92 Å². The molecule has 138 valence electrons. The molecule has 1 aliphatic rings. The molecule has 1 aromatic carbocycles. The molecule has 1 N–H and O–H groups in total. The Bertz CT molecular complexity index is 902. The lowest BCUT2D eigenvalue weighted by Crippen LogP contribution is -2.50. The van der Waals surface area contributed by atoms with Gasteiger partial charge in [-0.05, 0) is 38.4 Å². The fraction of sp³-hybridized carbons (Fsp3) is 0.526. The van der Waals surface area contributed by atoms with Crippen LogP contribution in [0.5, 0.6) is 0 Å². The van der Waals surface area contributed by atoms with Crippen molar-refractivity contribution in [3.63, 3.8) is 0 Å². The minimum absolute atomic E-state index is 0.413. The Labute approximate surface area is 152 Å². The van der Waals surface area contributed by atoms with Crippen molar-refractivity contribution in [3.05, 3.63) is 41.8 Å². The van der Waals surface area contributed by atoms with Gasteiger partial charge in [-0.25, -0.2) is 4.98 Å². The second-order valence-electron chi connectivity index (χ2n) is 7.34. The van der Waals surface area contributed by atoms with Crippen LogP contribution in [-0.4, -0.2) is 54.9 Å². The zero-order chi connectivity index (χ0) is 18.1. The van der Waals surface area contributed by atoms with E-state index in [4.69, 9.17) is 9.51 Å².